The lowest BCUT2D eigenvalue weighted by Crippen LogP contribution is -2.05. The van der Waals surface area contributed by atoms with Gasteiger partial charge >= 0.3 is 11.9 Å². The van der Waals surface area contributed by atoms with Crippen LogP contribution in [0, 0.1) is 0 Å². The highest BCUT2D eigenvalue weighted by molar-refractivity contribution is 5.93. The van der Waals surface area contributed by atoms with Crippen molar-refractivity contribution >= 4 is 11.9 Å². The molecule has 2 aromatic rings. The molecule has 0 fully saturated rings. The molecule has 29 heavy (non-hydrogen) atoms. The van der Waals surface area contributed by atoms with Gasteiger partial charge in [-0.15, -0.1) is 0 Å². The summed E-state index contributed by atoms with van der Waals surface area (Å²) in [6.45, 7) is 4.51. The van der Waals surface area contributed by atoms with Crippen LogP contribution >= 0.6 is 0 Å². The van der Waals surface area contributed by atoms with Crippen LogP contribution in [0.2, 0.25) is 0 Å². The maximum atomic E-state index is 11.5. The SMILES string of the molecule is CCCOc1cc(Cc2cc(OCCC)cc(C(=O)O)c2O)c(O)c(C(=O)O)c1. The average molecular weight is 404 g/mol. The Kier molecular flexibility index (Phi) is 7.30. The Labute approximate surface area is 168 Å². The van der Waals surface area contributed by atoms with Gasteiger partial charge in [0.05, 0.1) is 13.2 Å². The highest BCUT2D eigenvalue weighted by Crippen LogP contribution is 2.35. The number of rotatable bonds is 10. The molecule has 0 radical (unpaired) electrons. The first-order valence-electron chi connectivity index (χ1n) is 9.22. The van der Waals surface area contributed by atoms with Gasteiger partial charge in [-0.05, 0) is 37.1 Å². The highest BCUT2D eigenvalue weighted by Gasteiger charge is 2.21. The van der Waals surface area contributed by atoms with Crippen molar-refractivity contribution in [3.05, 3.63) is 46.5 Å². The normalized spacial score (nSPS) is 10.6. The second-order valence-corrected chi connectivity index (χ2v) is 6.44. The zero-order valence-corrected chi connectivity index (χ0v) is 16.3. The number of hydrogen-bond donors (Lipinski definition) is 4. The zero-order valence-electron chi connectivity index (χ0n) is 16.3. The Morgan fingerprint density at radius 2 is 1.14 bits per heavy atom. The van der Waals surface area contributed by atoms with E-state index in [9.17, 15) is 30.0 Å². The lowest BCUT2D eigenvalue weighted by atomic mass is 9.98. The number of aromatic hydroxyl groups is 2. The quantitative estimate of drug-likeness (QED) is 0.471. The molecule has 2 rings (SSSR count). The van der Waals surface area contributed by atoms with Crippen molar-refractivity contribution in [3.63, 3.8) is 0 Å². The van der Waals surface area contributed by atoms with E-state index < -0.39 is 23.4 Å². The Bertz CT molecular complexity index is 831. The third kappa shape index (κ3) is 5.31. The number of carbonyl (C=O) groups is 2. The van der Waals surface area contributed by atoms with Gasteiger partial charge in [0, 0.05) is 17.5 Å². The molecule has 156 valence electrons. The molecule has 0 aliphatic carbocycles. The van der Waals surface area contributed by atoms with Crippen molar-refractivity contribution < 1.29 is 39.5 Å². The predicted molar refractivity (Wildman–Crippen MR) is 105 cm³/mol. The summed E-state index contributed by atoms with van der Waals surface area (Å²) >= 11 is 0. The zero-order chi connectivity index (χ0) is 21.6. The van der Waals surface area contributed by atoms with Gasteiger partial charge in [0.25, 0.3) is 0 Å². The van der Waals surface area contributed by atoms with Crippen molar-refractivity contribution in [2.24, 2.45) is 0 Å². The molecule has 0 spiro atoms. The van der Waals surface area contributed by atoms with E-state index in [-0.39, 0.29) is 40.2 Å². The third-order valence-corrected chi connectivity index (χ3v) is 4.11. The number of aromatic carboxylic acids is 2. The van der Waals surface area contributed by atoms with Gasteiger partial charge < -0.3 is 29.9 Å². The minimum Gasteiger partial charge on any atom is -0.507 e. The molecule has 0 bridgehead atoms. The van der Waals surface area contributed by atoms with Crippen LogP contribution in [0.4, 0.5) is 0 Å². The van der Waals surface area contributed by atoms with E-state index in [4.69, 9.17) is 9.47 Å². The second-order valence-electron chi connectivity index (χ2n) is 6.44. The number of hydrogen-bond acceptors (Lipinski definition) is 6. The lowest BCUT2D eigenvalue weighted by molar-refractivity contribution is 0.0682. The molecule has 8 heteroatoms. The smallest absolute Gasteiger partial charge is 0.339 e. The maximum absolute atomic E-state index is 11.5. The molecule has 0 saturated heterocycles. The van der Waals surface area contributed by atoms with Gasteiger partial charge in [-0.1, -0.05) is 13.8 Å². The average Bonchev–Trinajstić information content (AvgIpc) is 2.68. The molecule has 0 saturated carbocycles. The molecule has 0 atom stereocenters. The topological polar surface area (TPSA) is 134 Å². The number of carboxylic acid groups (broad SMARTS) is 2. The van der Waals surface area contributed by atoms with Gasteiger partial charge in [0.15, 0.2) is 0 Å². The van der Waals surface area contributed by atoms with Crippen LogP contribution in [0.25, 0.3) is 0 Å². The Morgan fingerprint density at radius 1 is 0.759 bits per heavy atom. The first-order chi connectivity index (χ1) is 13.8. The van der Waals surface area contributed by atoms with Crippen molar-refractivity contribution in [2.75, 3.05) is 13.2 Å². The van der Waals surface area contributed by atoms with Crippen molar-refractivity contribution in [1.82, 2.24) is 0 Å². The van der Waals surface area contributed by atoms with Crippen LogP contribution in [0.15, 0.2) is 24.3 Å². The fourth-order valence-corrected chi connectivity index (χ4v) is 2.74. The van der Waals surface area contributed by atoms with E-state index in [0.717, 1.165) is 0 Å². The molecule has 0 aliphatic heterocycles. The third-order valence-electron chi connectivity index (χ3n) is 4.11. The van der Waals surface area contributed by atoms with Crippen LogP contribution in [0.5, 0.6) is 23.0 Å². The molecule has 0 heterocycles. The first-order valence-corrected chi connectivity index (χ1v) is 9.22. The van der Waals surface area contributed by atoms with Gasteiger partial charge in [-0.2, -0.15) is 0 Å². The van der Waals surface area contributed by atoms with Crippen LogP contribution < -0.4 is 9.47 Å². The van der Waals surface area contributed by atoms with E-state index in [1.165, 1.54) is 24.3 Å². The monoisotopic (exact) mass is 404 g/mol. The van der Waals surface area contributed by atoms with Crippen LogP contribution in [0.3, 0.4) is 0 Å². The fraction of sp³-hybridized carbons (Fsp3) is 0.333. The highest BCUT2D eigenvalue weighted by atomic mass is 16.5. The number of carboxylic acids is 2. The molecule has 2 aromatic carbocycles. The molecule has 0 aliphatic rings. The number of benzene rings is 2. The predicted octanol–water partition coefficient (Wildman–Crippen LogP) is 3.66. The molecular formula is C21H24O8. The first kappa shape index (κ1) is 21.9. The molecule has 8 nitrogen and oxygen atoms in total. The largest absolute Gasteiger partial charge is 0.507 e. The molecule has 4 N–H and O–H groups in total. The standard InChI is InChI=1S/C21H24O8/c1-3-5-28-14-8-12(18(22)16(10-14)20(24)25)7-13-9-15(29-6-4-2)11-17(19(13)23)21(26)27/h8-11,22-23H,3-7H2,1-2H3,(H,24,25)(H,26,27). The molecule has 0 aromatic heterocycles. The Hall–Kier alpha value is -3.42. The van der Waals surface area contributed by atoms with Gasteiger partial charge in [0.1, 0.15) is 34.1 Å². The summed E-state index contributed by atoms with van der Waals surface area (Å²) in [4.78, 5) is 22.9. The summed E-state index contributed by atoms with van der Waals surface area (Å²) in [5.74, 6) is -3.10. The van der Waals surface area contributed by atoms with Crippen molar-refractivity contribution in [1.29, 1.82) is 0 Å². The van der Waals surface area contributed by atoms with Crippen LogP contribution in [0.1, 0.15) is 58.5 Å². The van der Waals surface area contributed by atoms with Crippen LogP contribution in [-0.2, 0) is 6.42 Å². The van der Waals surface area contributed by atoms with Gasteiger partial charge in [-0.3, -0.25) is 0 Å². The summed E-state index contributed by atoms with van der Waals surface area (Å²) in [5.41, 5.74) is -0.333. The summed E-state index contributed by atoms with van der Waals surface area (Å²) in [5, 5.41) is 39.5. The molecule has 0 amide bonds. The number of ether oxygens (including phenoxy) is 2. The summed E-state index contributed by atoms with van der Waals surface area (Å²) in [7, 11) is 0. The number of phenols is 2. The van der Waals surface area contributed by atoms with E-state index in [1.54, 1.807) is 0 Å². The van der Waals surface area contributed by atoms with E-state index in [1.807, 2.05) is 13.8 Å². The fourth-order valence-electron chi connectivity index (χ4n) is 2.74. The Morgan fingerprint density at radius 3 is 1.45 bits per heavy atom. The Balaban J connectivity index is 2.53. The summed E-state index contributed by atoms with van der Waals surface area (Å²) in [6, 6.07) is 5.38. The van der Waals surface area contributed by atoms with Crippen molar-refractivity contribution in [3.8, 4) is 23.0 Å². The summed E-state index contributed by atoms with van der Waals surface area (Å²) < 4.78 is 11.0. The van der Waals surface area contributed by atoms with E-state index >= 15 is 0 Å². The summed E-state index contributed by atoms with van der Waals surface area (Å²) in [6.07, 6.45) is 1.29. The maximum Gasteiger partial charge on any atom is 0.339 e. The van der Waals surface area contributed by atoms with Crippen molar-refractivity contribution in [2.45, 2.75) is 33.1 Å². The van der Waals surface area contributed by atoms with E-state index in [0.29, 0.717) is 26.1 Å². The minimum absolute atomic E-state index is 0.120. The second kappa shape index (κ2) is 9.68. The lowest BCUT2D eigenvalue weighted by Gasteiger charge is -2.15. The van der Waals surface area contributed by atoms with E-state index in [2.05, 4.69) is 0 Å². The van der Waals surface area contributed by atoms with Gasteiger partial charge in [-0.25, -0.2) is 9.59 Å². The van der Waals surface area contributed by atoms with Crippen LogP contribution in [-0.4, -0.2) is 45.6 Å². The van der Waals surface area contributed by atoms with Gasteiger partial charge in [0.2, 0.25) is 0 Å². The minimum atomic E-state index is -1.33. The molecule has 0 unspecified atom stereocenters. The molecular weight excluding hydrogens is 380 g/mol.